The fraction of sp³-hybridized carbons (Fsp3) is 0.444. The van der Waals surface area contributed by atoms with Crippen molar-refractivity contribution in [2.75, 3.05) is 6.54 Å². The van der Waals surface area contributed by atoms with Gasteiger partial charge in [-0.15, -0.1) is 0 Å². The van der Waals surface area contributed by atoms with Gasteiger partial charge in [-0.25, -0.2) is 9.78 Å². The molecule has 0 aliphatic heterocycles. The molecule has 20 heavy (non-hydrogen) atoms. The number of aromatic carboxylic acids is 1. The van der Waals surface area contributed by atoms with Crippen molar-refractivity contribution in [3.63, 3.8) is 0 Å². The Morgan fingerprint density at radius 1 is 1.30 bits per heavy atom. The van der Waals surface area contributed by atoms with Crippen molar-refractivity contribution in [1.29, 1.82) is 0 Å². The second-order valence-electron chi connectivity index (χ2n) is 3.63. The standard InChI is InChI=1S/C9H8F5N3O3/c10-8(11,9(12,13)14)7(20)15-1-2-17-3-5(6(18)19)16-4-17/h3-4H,1-2H2,(H,15,20)(H,18,19). The van der Waals surface area contributed by atoms with Crippen LogP contribution in [0.5, 0.6) is 0 Å². The maximum atomic E-state index is 12.5. The number of rotatable bonds is 5. The molecule has 0 spiro atoms. The Bertz CT molecular complexity index is 511. The number of carboxylic acid groups (broad SMARTS) is 1. The predicted molar refractivity (Wildman–Crippen MR) is 53.2 cm³/mol. The summed E-state index contributed by atoms with van der Waals surface area (Å²) in [6.07, 6.45) is -3.89. The molecule has 0 saturated carbocycles. The van der Waals surface area contributed by atoms with E-state index < -0.39 is 30.5 Å². The molecule has 1 amide bonds. The molecule has 1 heterocycles. The summed E-state index contributed by atoms with van der Waals surface area (Å²) in [4.78, 5) is 24.6. The lowest BCUT2D eigenvalue weighted by molar-refractivity contribution is -0.269. The van der Waals surface area contributed by atoms with E-state index in [9.17, 15) is 31.5 Å². The number of carboxylic acids is 1. The molecule has 0 radical (unpaired) electrons. The van der Waals surface area contributed by atoms with Crippen LogP contribution in [-0.2, 0) is 11.3 Å². The Kier molecular flexibility index (Phi) is 4.30. The lowest BCUT2D eigenvalue weighted by Crippen LogP contribution is -2.50. The van der Waals surface area contributed by atoms with Gasteiger partial charge in [-0.3, -0.25) is 4.79 Å². The zero-order chi connectivity index (χ0) is 15.6. The van der Waals surface area contributed by atoms with E-state index in [0.29, 0.717) is 0 Å². The number of halogens is 5. The van der Waals surface area contributed by atoms with Crippen molar-refractivity contribution in [1.82, 2.24) is 14.9 Å². The third-order valence-electron chi connectivity index (χ3n) is 2.15. The van der Waals surface area contributed by atoms with Crippen LogP contribution in [0.3, 0.4) is 0 Å². The molecule has 0 fully saturated rings. The molecule has 2 N–H and O–H groups in total. The van der Waals surface area contributed by atoms with Crippen molar-refractivity contribution in [2.24, 2.45) is 0 Å². The van der Waals surface area contributed by atoms with Gasteiger partial charge < -0.3 is 15.0 Å². The quantitative estimate of drug-likeness (QED) is 0.791. The van der Waals surface area contributed by atoms with Gasteiger partial charge in [-0.1, -0.05) is 0 Å². The van der Waals surface area contributed by atoms with Gasteiger partial charge in [0.2, 0.25) is 0 Å². The van der Waals surface area contributed by atoms with Crippen molar-refractivity contribution in [2.45, 2.75) is 18.6 Å². The third kappa shape index (κ3) is 3.42. The van der Waals surface area contributed by atoms with Gasteiger partial charge in [-0.05, 0) is 0 Å². The van der Waals surface area contributed by atoms with E-state index in [1.807, 2.05) is 0 Å². The van der Waals surface area contributed by atoms with Crippen molar-refractivity contribution in [3.05, 3.63) is 18.2 Å². The number of imidazole rings is 1. The number of nitrogens with zero attached hydrogens (tertiary/aromatic N) is 2. The molecule has 6 nitrogen and oxygen atoms in total. The number of alkyl halides is 5. The molecule has 0 bridgehead atoms. The molecule has 0 aromatic carbocycles. The first kappa shape index (κ1) is 15.9. The Balaban J connectivity index is 2.52. The van der Waals surface area contributed by atoms with E-state index in [4.69, 9.17) is 5.11 Å². The third-order valence-corrected chi connectivity index (χ3v) is 2.15. The second kappa shape index (κ2) is 5.43. The zero-order valence-electron chi connectivity index (χ0n) is 9.62. The van der Waals surface area contributed by atoms with Crippen LogP contribution in [0.2, 0.25) is 0 Å². The zero-order valence-corrected chi connectivity index (χ0v) is 9.62. The van der Waals surface area contributed by atoms with Crippen LogP contribution in [0.25, 0.3) is 0 Å². The predicted octanol–water partition coefficient (Wildman–Crippen LogP) is 0.895. The first-order chi connectivity index (χ1) is 9.05. The first-order valence-corrected chi connectivity index (χ1v) is 5.03. The average molecular weight is 301 g/mol. The summed E-state index contributed by atoms with van der Waals surface area (Å²) in [6, 6.07) is 0. The molecule has 0 aliphatic carbocycles. The molecule has 1 aromatic heterocycles. The van der Waals surface area contributed by atoms with Crippen molar-refractivity contribution < 1.29 is 36.6 Å². The smallest absolute Gasteiger partial charge is 0.463 e. The van der Waals surface area contributed by atoms with Gasteiger partial charge in [0, 0.05) is 19.3 Å². The van der Waals surface area contributed by atoms with Crippen LogP contribution in [0.1, 0.15) is 10.5 Å². The number of amides is 1. The number of hydrogen-bond acceptors (Lipinski definition) is 3. The number of carbonyl (C=O) groups is 2. The highest BCUT2D eigenvalue weighted by molar-refractivity contribution is 5.85. The molecule has 0 unspecified atom stereocenters. The lowest BCUT2D eigenvalue weighted by atomic mass is 10.3. The Hall–Kier alpha value is -2.20. The average Bonchev–Trinajstić information content (AvgIpc) is 2.76. The summed E-state index contributed by atoms with van der Waals surface area (Å²) < 4.78 is 61.7. The maximum absolute atomic E-state index is 12.5. The molecule has 1 rings (SSSR count). The molecule has 11 heteroatoms. The minimum atomic E-state index is -5.97. The highest BCUT2D eigenvalue weighted by Gasteiger charge is 2.63. The molecular weight excluding hydrogens is 293 g/mol. The van der Waals surface area contributed by atoms with Crippen LogP contribution in [0, 0.1) is 0 Å². The normalized spacial score (nSPS) is 12.2. The molecule has 0 saturated heterocycles. The van der Waals surface area contributed by atoms with Crippen LogP contribution >= 0.6 is 0 Å². The summed E-state index contributed by atoms with van der Waals surface area (Å²) in [5, 5.41) is 9.95. The summed E-state index contributed by atoms with van der Waals surface area (Å²) in [5.74, 6) is -9.27. The fourth-order valence-corrected chi connectivity index (χ4v) is 1.13. The van der Waals surface area contributed by atoms with Gasteiger partial charge in [0.1, 0.15) is 0 Å². The molecular formula is C9H8F5N3O3. The first-order valence-electron chi connectivity index (χ1n) is 5.03. The largest absolute Gasteiger partial charge is 0.476 e. The van der Waals surface area contributed by atoms with E-state index in [0.717, 1.165) is 17.1 Å². The van der Waals surface area contributed by atoms with E-state index >= 15 is 0 Å². The van der Waals surface area contributed by atoms with E-state index in [1.54, 1.807) is 0 Å². The Morgan fingerprint density at radius 3 is 2.35 bits per heavy atom. The van der Waals surface area contributed by atoms with Gasteiger partial charge in [0.15, 0.2) is 5.69 Å². The summed E-state index contributed by atoms with van der Waals surface area (Å²) in [6.45, 7) is -0.750. The fourth-order valence-electron chi connectivity index (χ4n) is 1.13. The van der Waals surface area contributed by atoms with Gasteiger partial charge in [0.25, 0.3) is 5.91 Å². The molecule has 0 aliphatic rings. The SMILES string of the molecule is O=C(O)c1cn(CCNC(=O)C(F)(F)C(F)(F)F)cn1. The van der Waals surface area contributed by atoms with Crippen molar-refractivity contribution >= 4 is 11.9 Å². The molecule has 1 aromatic rings. The van der Waals surface area contributed by atoms with Crippen LogP contribution in [0.15, 0.2) is 12.5 Å². The lowest BCUT2D eigenvalue weighted by Gasteiger charge is -2.18. The number of hydrogen-bond donors (Lipinski definition) is 2. The topological polar surface area (TPSA) is 84.2 Å². The minimum absolute atomic E-state index is 0.208. The number of carbonyl (C=O) groups excluding carboxylic acids is 1. The summed E-state index contributed by atoms with van der Waals surface area (Å²) in [5.41, 5.74) is -0.322. The highest BCUT2D eigenvalue weighted by atomic mass is 19.4. The van der Waals surface area contributed by atoms with E-state index in [2.05, 4.69) is 4.98 Å². The Morgan fingerprint density at radius 2 is 1.90 bits per heavy atom. The maximum Gasteiger partial charge on any atom is 0.463 e. The van der Waals surface area contributed by atoms with Crippen molar-refractivity contribution in [3.8, 4) is 0 Å². The number of nitrogens with one attached hydrogen (secondary N) is 1. The van der Waals surface area contributed by atoms with Gasteiger partial charge in [-0.2, -0.15) is 22.0 Å². The van der Waals surface area contributed by atoms with Crippen LogP contribution in [-0.4, -0.2) is 45.2 Å². The molecule has 112 valence electrons. The van der Waals surface area contributed by atoms with E-state index in [1.165, 1.54) is 5.32 Å². The summed E-state index contributed by atoms with van der Waals surface area (Å²) >= 11 is 0. The minimum Gasteiger partial charge on any atom is -0.476 e. The van der Waals surface area contributed by atoms with E-state index in [-0.39, 0.29) is 12.2 Å². The van der Waals surface area contributed by atoms with Gasteiger partial charge >= 0.3 is 18.1 Å². The highest BCUT2D eigenvalue weighted by Crippen LogP contribution is 2.35. The monoisotopic (exact) mass is 301 g/mol. The Labute approximate surface area is 108 Å². The van der Waals surface area contributed by atoms with Gasteiger partial charge in [0.05, 0.1) is 6.33 Å². The number of aromatic nitrogens is 2. The second-order valence-corrected chi connectivity index (χ2v) is 3.63. The van der Waals surface area contributed by atoms with Crippen LogP contribution in [0.4, 0.5) is 22.0 Å². The summed E-state index contributed by atoms with van der Waals surface area (Å²) in [7, 11) is 0. The van der Waals surface area contributed by atoms with Crippen LogP contribution < -0.4 is 5.32 Å². The molecule has 0 atom stereocenters.